The number of piperazine rings is 1. The summed E-state index contributed by atoms with van der Waals surface area (Å²) in [7, 11) is 0. The zero-order chi connectivity index (χ0) is 14.9. The number of hydrazine groups is 1. The van der Waals surface area contributed by atoms with Crippen molar-refractivity contribution in [3.05, 3.63) is 23.4 Å². The lowest BCUT2D eigenvalue weighted by atomic mass is 9.97. The predicted molar refractivity (Wildman–Crippen MR) is 74.9 cm³/mol. The van der Waals surface area contributed by atoms with Gasteiger partial charge in [-0.3, -0.25) is 9.59 Å². The van der Waals surface area contributed by atoms with Gasteiger partial charge in [-0.2, -0.15) is 0 Å². The van der Waals surface area contributed by atoms with E-state index in [1.807, 2.05) is 0 Å². The van der Waals surface area contributed by atoms with Crippen molar-refractivity contribution in [2.45, 2.75) is 26.3 Å². The first-order valence-electron chi connectivity index (χ1n) is 6.42. The number of aromatic nitrogens is 1. The molecule has 1 aliphatic heterocycles. The minimum atomic E-state index is -0.872. The van der Waals surface area contributed by atoms with E-state index >= 15 is 0 Å². The number of hydrogen-bond acceptors (Lipinski definition) is 5. The van der Waals surface area contributed by atoms with Crippen LogP contribution in [0.15, 0.2) is 12.1 Å². The molecule has 2 heterocycles. The Balaban J connectivity index is 2.35. The number of carbonyl (C=O) groups is 2. The van der Waals surface area contributed by atoms with Crippen LogP contribution in [-0.4, -0.2) is 40.3 Å². The van der Waals surface area contributed by atoms with Crippen molar-refractivity contribution in [3.8, 4) is 0 Å². The first kappa shape index (κ1) is 14.3. The molecule has 4 N–H and O–H groups in total. The van der Waals surface area contributed by atoms with Crippen molar-refractivity contribution in [2.24, 2.45) is 5.84 Å². The first-order chi connectivity index (χ1) is 9.36. The number of nitrogens with one attached hydrogen (secondary N) is 2. The molecule has 1 aromatic rings. The highest BCUT2D eigenvalue weighted by Gasteiger charge is 2.40. The maximum Gasteiger partial charge on any atom is 0.254 e. The lowest BCUT2D eigenvalue weighted by molar-refractivity contribution is -0.133. The van der Waals surface area contributed by atoms with Gasteiger partial charge in [0.2, 0.25) is 5.91 Å². The van der Waals surface area contributed by atoms with Crippen molar-refractivity contribution < 1.29 is 9.59 Å². The van der Waals surface area contributed by atoms with Gasteiger partial charge in [-0.1, -0.05) is 0 Å². The molecule has 0 aromatic carbocycles. The van der Waals surface area contributed by atoms with Gasteiger partial charge in [-0.25, -0.2) is 10.8 Å². The first-order valence-corrected chi connectivity index (χ1v) is 6.42. The zero-order valence-electron chi connectivity index (χ0n) is 11.9. The van der Waals surface area contributed by atoms with E-state index in [9.17, 15) is 9.59 Å². The number of rotatable bonds is 2. The topological polar surface area (TPSA) is 100 Å². The second-order valence-electron chi connectivity index (χ2n) is 5.30. The fourth-order valence-electron chi connectivity index (χ4n) is 2.28. The number of anilines is 1. The van der Waals surface area contributed by atoms with Gasteiger partial charge in [0.15, 0.2) is 0 Å². The molecule has 1 aromatic heterocycles. The molecular formula is C13H19N5O2. The van der Waals surface area contributed by atoms with Crippen LogP contribution in [0.25, 0.3) is 0 Å². The number of nitrogen functional groups attached to an aromatic ring is 1. The third-order valence-electron chi connectivity index (χ3n) is 3.44. The maximum atomic E-state index is 12.6. The van der Waals surface area contributed by atoms with Crippen LogP contribution in [0.5, 0.6) is 0 Å². The summed E-state index contributed by atoms with van der Waals surface area (Å²) in [5.41, 5.74) is 2.71. The molecule has 20 heavy (non-hydrogen) atoms. The Morgan fingerprint density at radius 1 is 1.50 bits per heavy atom. The van der Waals surface area contributed by atoms with Crippen molar-refractivity contribution in [2.75, 3.05) is 18.5 Å². The minimum Gasteiger partial charge on any atom is -0.352 e. The Morgan fingerprint density at radius 2 is 2.20 bits per heavy atom. The zero-order valence-corrected chi connectivity index (χ0v) is 11.9. The van der Waals surface area contributed by atoms with E-state index in [1.165, 1.54) is 0 Å². The molecule has 2 rings (SSSR count). The van der Waals surface area contributed by atoms with E-state index in [1.54, 1.807) is 37.8 Å². The molecule has 0 aliphatic carbocycles. The van der Waals surface area contributed by atoms with Crippen LogP contribution in [0.3, 0.4) is 0 Å². The van der Waals surface area contributed by atoms with E-state index < -0.39 is 5.54 Å². The summed E-state index contributed by atoms with van der Waals surface area (Å²) in [5.74, 6) is 5.41. The third kappa shape index (κ3) is 2.44. The quantitative estimate of drug-likeness (QED) is 0.523. The summed E-state index contributed by atoms with van der Waals surface area (Å²) in [6, 6.07) is 3.27. The number of pyridine rings is 1. The van der Waals surface area contributed by atoms with E-state index in [-0.39, 0.29) is 11.8 Å². The fraction of sp³-hybridized carbons (Fsp3) is 0.462. The fourth-order valence-corrected chi connectivity index (χ4v) is 2.28. The number of aryl methyl sites for hydroxylation is 1. The van der Waals surface area contributed by atoms with E-state index in [0.29, 0.717) is 30.2 Å². The molecule has 0 atom stereocenters. The Kier molecular flexibility index (Phi) is 3.63. The summed E-state index contributed by atoms with van der Waals surface area (Å²) < 4.78 is 0. The summed E-state index contributed by atoms with van der Waals surface area (Å²) in [6.45, 7) is 6.18. The van der Waals surface area contributed by atoms with Gasteiger partial charge < -0.3 is 15.6 Å². The molecule has 0 spiro atoms. The van der Waals surface area contributed by atoms with Gasteiger partial charge >= 0.3 is 0 Å². The van der Waals surface area contributed by atoms with Crippen LogP contribution in [0, 0.1) is 6.92 Å². The molecule has 0 bridgehead atoms. The molecule has 1 aliphatic rings. The van der Waals surface area contributed by atoms with Crippen LogP contribution in [0.1, 0.15) is 29.9 Å². The summed E-state index contributed by atoms with van der Waals surface area (Å²) in [5, 5.41) is 2.77. The van der Waals surface area contributed by atoms with Crippen molar-refractivity contribution in [1.82, 2.24) is 15.2 Å². The summed E-state index contributed by atoms with van der Waals surface area (Å²) in [4.78, 5) is 30.2. The van der Waals surface area contributed by atoms with E-state index in [2.05, 4.69) is 15.7 Å². The van der Waals surface area contributed by atoms with E-state index in [0.717, 1.165) is 0 Å². The predicted octanol–water partition coefficient (Wildman–Crippen LogP) is 0.0262. The smallest absolute Gasteiger partial charge is 0.254 e. The van der Waals surface area contributed by atoms with Gasteiger partial charge in [-0.05, 0) is 32.9 Å². The lowest BCUT2D eigenvalue weighted by Crippen LogP contribution is -2.63. The molecule has 7 heteroatoms. The van der Waals surface area contributed by atoms with Crippen LogP contribution in [0.2, 0.25) is 0 Å². The Bertz CT molecular complexity index is 556. The van der Waals surface area contributed by atoms with Crippen LogP contribution >= 0.6 is 0 Å². The molecule has 1 saturated heterocycles. The number of amides is 2. The standard InChI is InChI=1S/C13H19N5O2/c1-8-6-9(7-10(16-8)17-14)11(19)18-5-4-15-12(20)13(18,2)3/h6-7H,4-5,14H2,1-3H3,(H,15,20)(H,16,17). The minimum absolute atomic E-state index is 0.153. The summed E-state index contributed by atoms with van der Waals surface area (Å²) in [6.07, 6.45) is 0. The number of nitrogens with zero attached hydrogens (tertiary/aromatic N) is 2. The van der Waals surface area contributed by atoms with Crippen LogP contribution in [0.4, 0.5) is 5.82 Å². The Labute approximate surface area is 117 Å². The van der Waals surface area contributed by atoms with Gasteiger partial charge in [0.05, 0.1) is 0 Å². The van der Waals surface area contributed by atoms with Crippen molar-refractivity contribution in [1.29, 1.82) is 0 Å². The van der Waals surface area contributed by atoms with Crippen LogP contribution < -0.4 is 16.6 Å². The average Bonchev–Trinajstić information content (AvgIpc) is 2.40. The van der Waals surface area contributed by atoms with Gasteiger partial charge in [-0.15, -0.1) is 0 Å². The maximum absolute atomic E-state index is 12.6. The highest BCUT2D eigenvalue weighted by atomic mass is 16.2. The molecule has 0 saturated carbocycles. The highest BCUT2D eigenvalue weighted by Crippen LogP contribution is 2.21. The van der Waals surface area contributed by atoms with Crippen LogP contribution in [-0.2, 0) is 4.79 Å². The second-order valence-corrected chi connectivity index (χ2v) is 5.30. The molecule has 7 nitrogen and oxygen atoms in total. The molecule has 1 fully saturated rings. The highest BCUT2D eigenvalue weighted by molar-refractivity contribution is 6.00. The molecule has 2 amide bonds. The molecule has 108 valence electrons. The molecule has 0 radical (unpaired) electrons. The normalized spacial score (nSPS) is 17.6. The van der Waals surface area contributed by atoms with Crippen molar-refractivity contribution in [3.63, 3.8) is 0 Å². The Hall–Kier alpha value is -2.15. The van der Waals surface area contributed by atoms with E-state index in [4.69, 9.17) is 5.84 Å². The SMILES string of the molecule is Cc1cc(C(=O)N2CCNC(=O)C2(C)C)cc(NN)n1. The molecule has 0 unspecified atom stereocenters. The number of nitrogens with two attached hydrogens (primary N) is 1. The monoisotopic (exact) mass is 277 g/mol. The third-order valence-corrected chi connectivity index (χ3v) is 3.44. The Morgan fingerprint density at radius 3 is 2.85 bits per heavy atom. The second kappa shape index (κ2) is 5.09. The van der Waals surface area contributed by atoms with Crippen molar-refractivity contribution >= 4 is 17.6 Å². The number of hydrogen-bond donors (Lipinski definition) is 3. The number of carbonyl (C=O) groups excluding carboxylic acids is 2. The lowest BCUT2D eigenvalue weighted by Gasteiger charge is -2.41. The summed E-state index contributed by atoms with van der Waals surface area (Å²) >= 11 is 0. The van der Waals surface area contributed by atoms with Gasteiger partial charge in [0, 0.05) is 24.3 Å². The average molecular weight is 277 g/mol. The molecular weight excluding hydrogens is 258 g/mol. The van der Waals surface area contributed by atoms with Gasteiger partial charge in [0.1, 0.15) is 11.4 Å². The van der Waals surface area contributed by atoms with Gasteiger partial charge in [0.25, 0.3) is 5.91 Å². The largest absolute Gasteiger partial charge is 0.352 e.